The number of aromatic nitrogens is 1. The molecule has 0 spiro atoms. The number of hydrogen-bond donors (Lipinski definition) is 2. The lowest BCUT2D eigenvalue weighted by atomic mass is 10.1. The summed E-state index contributed by atoms with van der Waals surface area (Å²) in [6.45, 7) is 0.105. The lowest BCUT2D eigenvalue weighted by Crippen LogP contribution is -2.38. The van der Waals surface area contributed by atoms with Crippen LogP contribution in [-0.4, -0.2) is 28.6 Å². The van der Waals surface area contributed by atoms with Crippen LogP contribution >= 0.6 is 11.3 Å². The van der Waals surface area contributed by atoms with E-state index in [1.54, 1.807) is 11.3 Å². The molecule has 0 aliphatic heterocycles. The van der Waals surface area contributed by atoms with Crippen molar-refractivity contribution in [1.82, 2.24) is 10.3 Å². The number of nitrogens with zero attached hydrogens (tertiary/aromatic N) is 1. The Kier molecular flexibility index (Phi) is 4.36. The van der Waals surface area contributed by atoms with Crippen LogP contribution in [0.2, 0.25) is 0 Å². The van der Waals surface area contributed by atoms with Crippen LogP contribution in [0, 0.1) is 5.92 Å². The minimum atomic E-state index is -0.0635. The van der Waals surface area contributed by atoms with Gasteiger partial charge in [0, 0.05) is 12.6 Å². The SMILES string of the molecule is O=C(Cc1coc(-c2cccs2)n1)NC(CCO)C1CC1. The molecule has 0 aromatic carbocycles. The monoisotopic (exact) mass is 306 g/mol. The van der Waals surface area contributed by atoms with Crippen molar-refractivity contribution in [1.29, 1.82) is 0 Å². The van der Waals surface area contributed by atoms with Gasteiger partial charge in [-0.3, -0.25) is 4.79 Å². The average Bonchev–Trinajstić information content (AvgIpc) is 2.97. The van der Waals surface area contributed by atoms with Gasteiger partial charge in [-0.1, -0.05) is 6.07 Å². The number of amides is 1. The van der Waals surface area contributed by atoms with Gasteiger partial charge < -0.3 is 14.8 Å². The van der Waals surface area contributed by atoms with E-state index in [2.05, 4.69) is 10.3 Å². The Balaban J connectivity index is 1.57. The van der Waals surface area contributed by atoms with Crippen LogP contribution in [0.5, 0.6) is 0 Å². The first-order valence-corrected chi connectivity index (χ1v) is 8.02. The van der Waals surface area contributed by atoms with Crippen molar-refractivity contribution in [3.63, 3.8) is 0 Å². The van der Waals surface area contributed by atoms with Crippen LogP contribution in [0.1, 0.15) is 25.0 Å². The fraction of sp³-hybridized carbons (Fsp3) is 0.467. The number of oxazole rings is 1. The zero-order chi connectivity index (χ0) is 14.7. The second kappa shape index (κ2) is 6.41. The molecule has 1 fully saturated rings. The zero-order valence-corrected chi connectivity index (χ0v) is 12.4. The maximum Gasteiger partial charge on any atom is 0.236 e. The lowest BCUT2D eigenvalue weighted by Gasteiger charge is -2.16. The number of nitrogens with one attached hydrogen (secondary N) is 1. The third kappa shape index (κ3) is 3.71. The number of carbonyl (C=O) groups excluding carboxylic acids is 1. The van der Waals surface area contributed by atoms with Crippen LogP contribution in [0.25, 0.3) is 10.8 Å². The molecule has 0 saturated heterocycles. The van der Waals surface area contributed by atoms with Crippen molar-refractivity contribution in [2.45, 2.75) is 31.7 Å². The van der Waals surface area contributed by atoms with Gasteiger partial charge in [0.25, 0.3) is 0 Å². The first-order valence-electron chi connectivity index (χ1n) is 7.15. The molecular weight excluding hydrogens is 288 g/mol. The van der Waals surface area contributed by atoms with Gasteiger partial charge in [-0.25, -0.2) is 4.98 Å². The Morgan fingerprint density at radius 3 is 3.10 bits per heavy atom. The van der Waals surface area contributed by atoms with Gasteiger partial charge in [-0.05, 0) is 36.6 Å². The van der Waals surface area contributed by atoms with Crippen molar-refractivity contribution in [2.24, 2.45) is 5.92 Å². The summed E-state index contributed by atoms with van der Waals surface area (Å²) in [7, 11) is 0. The van der Waals surface area contributed by atoms with Gasteiger partial charge in [0.05, 0.1) is 17.0 Å². The number of carbonyl (C=O) groups is 1. The number of aliphatic hydroxyl groups is 1. The Labute approximate surface area is 127 Å². The van der Waals surface area contributed by atoms with E-state index in [9.17, 15) is 4.79 Å². The quantitative estimate of drug-likeness (QED) is 0.822. The maximum absolute atomic E-state index is 12.1. The molecule has 2 aromatic heterocycles. The highest BCUT2D eigenvalue weighted by Gasteiger charge is 2.31. The Morgan fingerprint density at radius 2 is 2.43 bits per heavy atom. The van der Waals surface area contributed by atoms with E-state index in [4.69, 9.17) is 9.52 Å². The van der Waals surface area contributed by atoms with E-state index >= 15 is 0 Å². The topological polar surface area (TPSA) is 75.4 Å². The van der Waals surface area contributed by atoms with Crippen LogP contribution in [0.15, 0.2) is 28.2 Å². The number of hydrogen-bond acceptors (Lipinski definition) is 5. The van der Waals surface area contributed by atoms with E-state index in [0.717, 1.165) is 17.7 Å². The summed E-state index contributed by atoms with van der Waals surface area (Å²) >= 11 is 1.55. The molecule has 2 heterocycles. The first kappa shape index (κ1) is 14.3. The maximum atomic E-state index is 12.1. The molecular formula is C15H18N2O3S. The highest BCUT2D eigenvalue weighted by Crippen LogP contribution is 2.34. The largest absolute Gasteiger partial charge is 0.444 e. The summed E-state index contributed by atoms with van der Waals surface area (Å²) < 4.78 is 5.40. The van der Waals surface area contributed by atoms with Gasteiger partial charge in [-0.15, -0.1) is 11.3 Å². The molecule has 1 amide bonds. The molecule has 1 unspecified atom stereocenters. The third-order valence-electron chi connectivity index (χ3n) is 3.60. The van der Waals surface area contributed by atoms with Crippen molar-refractivity contribution >= 4 is 17.2 Å². The Morgan fingerprint density at radius 1 is 1.57 bits per heavy atom. The van der Waals surface area contributed by atoms with Crippen molar-refractivity contribution in [2.75, 3.05) is 6.61 Å². The van der Waals surface area contributed by atoms with Crippen LogP contribution in [0.3, 0.4) is 0 Å². The van der Waals surface area contributed by atoms with E-state index in [1.165, 1.54) is 6.26 Å². The second-order valence-electron chi connectivity index (χ2n) is 5.32. The number of thiophene rings is 1. The molecule has 1 aliphatic carbocycles. The molecule has 0 radical (unpaired) electrons. The first-order chi connectivity index (χ1) is 10.3. The molecule has 1 atom stereocenters. The third-order valence-corrected chi connectivity index (χ3v) is 4.46. The summed E-state index contributed by atoms with van der Waals surface area (Å²) in [4.78, 5) is 17.4. The van der Waals surface area contributed by atoms with Crippen molar-refractivity contribution in [3.8, 4) is 10.8 Å². The molecule has 21 heavy (non-hydrogen) atoms. The van der Waals surface area contributed by atoms with Gasteiger partial charge in [0.15, 0.2) is 0 Å². The van der Waals surface area contributed by atoms with Crippen LogP contribution in [0.4, 0.5) is 0 Å². The Hall–Kier alpha value is -1.66. The molecule has 6 heteroatoms. The van der Waals surface area contributed by atoms with E-state index < -0.39 is 0 Å². The minimum absolute atomic E-state index is 0.0635. The van der Waals surface area contributed by atoms with Crippen LogP contribution in [-0.2, 0) is 11.2 Å². The molecule has 5 nitrogen and oxygen atoms in total. The van der Waals surface area contributed by atoms with Crippen molar-refractivity contribution in [3.05, 3.63) is 29.5 Å². The molecule has 1 aliphatic rings. The summed E-state index contributed by atoms with van der Waals surface area (Å²) in [6.07, 6.45) is 4.64. The van der Waals surface area contributed by atoms with Gasteiger partial charge in [0.2, 0.25) is 11.8 Å². The van der Waals surface area contributed by atoms with E-state index in [0.29, 0.717) is 23.9 Å². The predicted octanol–water partition coefficient (Wildman–Crippen LogP) is 2.22. The lowest BCUT2D eigenvalue weighted by molar-refractivity contribution is -0.121. The number of aliphatic hydroxyl groups excluding tert-OH is 1. The fourth-order valence-corrected chi connectivity index (χ4v) is 3.04. The summed E-state index contributed by atoms with van der Waals surface area (Å²) in [6, 6.07) is 3.96. The molecule has 1 saturated carbocycles. The fourth-order valence-electron chi connectivity index (χ4n) is 2.39. The average molecular weight is 306 g/mol. The second-order valence-corrected chi connectivity index (χ2v) is 6.27. The molecule has 2 aromatic rings. The smallest absolute Gasteiger partial charge is 0.236 e. The summed E-state index contributed by atoms with van der Waals surface area (Å²) in [5, 5.41) is 14.0. The Bertz CT molecular complexity index is 590. The zero-order valence-electron chi connectivity index (χ0n) is 11.6. The van der Waals surface area contributed by atoms with Gasteiger partial charge in [0.1, 0.15) is 6.26 Å². The minimum Gasteiger partial charge on any atom is -0.444 e. The summed E-state index contributed by atoms with van der Waals surface area (Å²) in [5.74, 6) is 1.02. The molecule has 112 valence electrons. The number of rotatable bonds is 7. The normalized spacial score (nSPS) is 15.9. The molecule has 0 bridgehead atoms. The highest BCUT2D eigenvalue weighted by molar-refractivity contribution is 7.13. The van der Waals surface area contributed by atoms with Crippen molar-refractivity contribution < 1.29 is 14.3 Å². The predicted molar refractivity (Wildman–Crippen MR) is 79.9 cm³/mol. The molecule has 2 N–H and O–H groups in total. The highest BCUT2D eigenvalue weighted by atomic mass is 32.1. The van der Waals surface area contributed by atoms with E-state index in [1.807, 2.05) is 17.5 Å². The molecule has 3 rings (SSSR count). The standard InChI is InChI=1S/C15H18N2O3S/c18-6-5-12(10-3-4-10)17-14(19)8-11-9-20-15(16-11)13-2-1-7-21-13/h1-2,7,9-10,12,18H,3-6,8H2,(H,17,19). The van der Waals surface area contributed by atoms with Crippen LogP contribution < -0.4 is 5.32 Å². The van der Waals surface area contributed by atoms with E-state index in [-0.39, 0.29) is 25.0 Å². The summed E-state index contributed by atoms with van der Waals surface area (Å²) in [5.41, 5.74) is 0.634. The van der Waals surface area contributed by atoms with Gasteiger partial charge >= 0.3 is 0 Å². The van der Waals surface area contributed by atoms with Gasteiger partial charge in [-0.2, -0.15) is 0 Å².